The SMILES string of the molecule is CCS(=O)(=O)CCNC1CC(C)CC(C)C1. The fourth-order valence-corrected chi connectivity index (χ4v) is 3.39. The quantitative estimate of drug-likeness (QED) is 0.806. The zero-order valence-corrected chi connectivity index (χ0v) is 11.5. The van der Waals surface area contributed by atoms with Crippen molar-refractivity contribution in [1.29, 1.82) is 0 Å². The van der Waals surface area contributed by atoms with Crippen LogP contribution >= 0.6 is 0 Å². The molecule has 0 aromatic carbocycles. The van der Waals surface area contributed by atoms with Crippen LogP contribution in [-0.4, -0.2) is 32.5 Å². The second kappa shape index (κ2) is 6.01. The van der Waals surface area contributed by atoms with E-state index in [0.29, 0.717) is 12.6 Å². The lowest BCUT2D eigenvalue weighted by molar-refractivity contribution is 0.242. The van der Waals surface area contributed by atoms with Crippen LogP contribution < -0.4 is 5.32 Å². The van der Waals surface area contributed by atoms with E-state index in [1.54, 1.807) is 6.92 Å². The van der Waals surface area contributed by atoms with Gasteiger partial charge in [0.2, 0.25) is 0 Å². The van der Waals surface area contributed by atoms with Gasteiger partial charge in [-0.05, 0) is 31.1 Å². The van der Waals surface area contributed by atoms with Crippen LogP contribution in [0.15, 0.2) is 0 Å². The largest absolute Gasteiger partial charge is 0.313 e. The topological polar surface area (TPSA) is 46.2 Å². The van der Waals surface area contributed by atoms with Gasteiger partial charge < -0.3 is 5.32 Å². The van der Waals surface area contributed by atoms with Crippen LogP contribution in [0.1, 0.15) is 40.0 Å². The molecule has 2 unspecified atom stereocenters. The molecule has 2 atom stereocenters. The molecule has 0 aromatic rings. The van der Waals surface area contributed by atoms with Crippen LogP contribution in [0, 0.1) is 11.8 Å². The van der Waals surface area contributed by atoms with Crippen LogP contribution in [0.4, 0.5) is 0 Å². The maximum absolute atomic E-state index is 11.3. The Bertz CT molecular complexity index is 290. The molecule has 3 nitrogen and oxygen atoms in total. The van der Waals surface area contributed by atoms with Crippen LogP contribution in [0.3, 0.4) is 0 Å². The second-order valence-corrected chi connectivity index (χ2v) is 7.78. The summed E-state index contributed by atoms with van der Waals surface area (Å²) in [4.78, 5) is 0. The highest BCUT2D eigenvalue weighted by atomic mass is 32.2. The molecule has 16 heavy (non-hydrogen) atoms. The lowest BCUT2D eigenvalue weighted by Gasteiger charge is -2.32. The Hall–Kier alpha value is -0.0900. The predicted octanol–water partition coefficient (Wildman–Crippen LogP) is 1.84. The molecule has 0 spiro atoms. The van der Waals surface area contributed by atoms with Gasteiger partial charge in [-0.25, -0.2) is 8.42 Å². The number of nitrogens with one attached hydrogen (secondary N) is 1. The van der Waals surface area contributed by atoms with E-state index in [2.05, 4.69) is 19.2 Å². The molecule has 1 fully saturated rings. The summed E-state index contributed by atoms with van der Waals surface area (Å²) < 4.78 is 22.7. The fourth-order valence-electron chi connectivity index (χ4n) is 2.68. The highest BCUT2D eigenvalue weighted by molar-refractivity contribution is 7.91. The van der Waals surface area contributed by atoms with E-state index < -0.39 is 9.84 Å². The predicted molar refractivity (Wildman–Crippen MR) is 68.3 cm³/mol. The Kier molecular flexibility index (Phi) is 5.25. The average Bonchev–Trinajstić information content (AvgIpc) is 2.16. The van der Waals surface area contributed by atoms with Crippen molar-refractivity contribution < 1.29 is 8.42 Å². The molecule has 96 valence electrons. The first-order valence-corrected chi connectivity index (χ1v) is 8.19. The minimum atomic E-state index is -2.81. The summed E-state index contributed by atoms with van der Waals surface area (Å²) >= 11 is 0. The van der Waals surface area contributed by atoms with Gasteiger partial charge in [-0.3, -0.25) is 0 Å². The molecule has 0 saturated heterocycles. The first-order chi connectivity index (χ1) is 7.43. The van der Waals surface area contributed by atoms with E-state index in [1.807, 2.05) is 0 Å². The summed E-state index contributed by atoms with van der Waals surface area (Å²) in [7, 11) is -2.81. The Balaban J connectivity index is 2.27. The first-order valence-electron chi connectivity index (χ1n) is 6.36. The third kappa shape index (κ3) is 4.83. The Morgan fingerprint density at radius 1 is 1.12 bits per heavy atom. The highest BCUT2D eigenvalue weighted by Crippen LogP contribution is 2.28. The molecule has 1 N–H and O–H groups in total. The monoisotopic (exact) mass is 247 g/mol. The van der Waals surface area contributed by atoms with Crippen LogP contribution in [0.5, 0.6) is 0 Å². The number of sulfone groups is 1. The molecular weight excluding hydrogens is 222 g/mol. The molecule has 0 bridgehead atoms. The molecule has 0 heterocycles. The minimum absolute atomic E-state index is 0.256. The van der Waals surface area contributed by atoms with Crippen molar-refractivity contribution in [3.63, 3.8) is 0 Å². The molecule has 0 radical (unpaired) electrons. The van der Waals surface area contributed by atoms with Crippen LogP contribution in [-0.2, 0) is 9.84 Å². The summed E-state index contributed by atoms with van der Waals surface area (Å²) in [5.41, 5.74) is 0. The van der Waals surface area contributed by atoms with Crippen LogP contribution in [0.2, 0.25) is 0 Å². The third-order valence-electron chi connectivity index (χ3n) is 3.46. The Morgan fingerprint density at radius 3 is 2.19 bits per heavy atom. The van der Waals surface area contributed by atoms with Gasteiger partial charge in [-0.2, -0.15) is 0 Å². The average molecular weight is 247 g/mol. The van der Waals surface area contributed by atoms with E-state index in [4.69, 9.17) is 0 Å². The van der Waals surface area contributed by atoms with E-state index in [9.17, 15) is 8.42 Å². The highest BCUT2D eigenvalue weighted by Gasteiger charge is 2.23. The molecule has 0 aliphatic heterocycles. The van der Waals surface area contributed by atoms with Gasteiger partial charge >= 0.3 is 0 Å². The normalized spacial score (nSPS) is 31.6. The van der Waals surface area contributed by atoms with Crippen molar-refractivity contribution in [2.75, 3.05) is 18.1 Å². The van der Waals surface area contributed by atoms with Gasteiger partial charge in [0, 0.05) is 18.3 Å². The number of hydrogen-bond donors (Lipinski definition) is 1. The van der Waals surface area contributed by atoms with Crippen molar-refractivity contribution in [2.45, 2.75) is 46.1 Å². The Morgan fingerprint density at radius 2 is 1.69 bits per heavy atom. The van der Waals surface area contributed by atoms with Crippen molar-refractivity contribution in [2.24, 2.45) is 11.8 Å². The molecule has 1 aliphatic rings. The van der Waals surface area contributed by atoms with Gasteiger partial charge in [0.25, 0.3) is 0 Å². The number of rotatable bonds is 5. The summed E-state index contributed by atoms with van der Waals surface area (Å²) in [5, 5.41) is 3.39. The van der Waals surface area contributed by atoms with E-state index in [-0.39, 0.29) is 11.5 Å². The molecule has 1 aliphatic carbocycles. The minimum Gasteiger partial charge on any atom is -0.313 e. The molecule has 1 rings (SSSR count). The maximum atomic E-state index is 11.3. The molecule has 0 amide bonds. The molecule has 0 aromatic heterocycles. The van der Waals surface area contributed by atoms with Crippen molar-refractivity contribution in [3.05, 3.63) is 0 Å². The summed E-state index contributed by atoms with van der Waals surface area (Å²) in [6, 6.07) is 0.519. The van der Waals surface area contributed by atoms with Gasteiger partial charge in [0.15, 0.2) is 9.84 Å². The standard InChI is InChI=1S/C12H25NO2S/c1-4-16(14,15)6-5-13-12-8-10(2)7-11(3)9-12/h10-13H,4-9H2,1-3H3. The third-order valence-corrected chi connectivity index (χ3v) is 5.17. The Labute approximate surface area is 99.9 Å². The molecular formula is C12H25NO2S. The van der Waals surface area contributed by atoms with Crippen molar-refractivity contribution in [3.8, 4) is 0 Å². The van der Waals surface area contributed by atoms with Gasteiger partial charge in [-0.15, -0.1) is 0 Å². The van der Waals surface area contributed by atoms with Crippen LogP contribution in [0.25, 0.3) is 0 Å². The van der Waals surface area contributed by atoms with Crippen molar-refractivity contribution in [1.82, 2.24) is 5.32 Å². The maximum Gasteiger partial charge on any atom is 0.151 e. The second-order valence-electron chi connectivity index (χ2n) is 5.30. The zero-order chi connectivity index (χ0) is 12.2. The van der Waals surface area contributed by atoms with E-state index in [0.717, 1.165) is 11.8 Å². The summed E-state index contributed by atoms with van der Waals surface area (Å²) in [6.45, 7) is 6.89. The zero-order valence-electron chi connectivity index (χ0n) is 10.7. The smallest absolute Gasteiger partial charge is 0.151 e. The summed E-state index contributed by atoms with van der Waals surface area (Å²) in [6.07, 6.45) is 3.69. The molecule has 1 saturated carbocycles. The number of hydrogen-bond acceptors (Lipinski definition) is 3. The van der Waals surface area contributed by atoms with Gasteiger partial charge in [0.1, 0.15) is 0 Å². The van der Waals surface area contributed by atoms with Gasteiger partial charge in [0.05, 0.1) is 5.75 Å². The first kappa shape index (κ1) is 14.0. The van der Waals surface area contributed by atoms with E-state index >= 15 is 0 Å². The van der Waals surface area contributed by atoms with E-state index in [1.165, 1.54) is 19.3 Å². The van der Waals surface area contributed by atoms with Crippen molar-refractivity contribution >= 4 is 9.84 Å². The van der Waals surface area contributed by atoms with Gasteiger partial charge in [-0.1, -0.05) is 20.8 Å². The fraction of sp³-hybridized carbons (Fsp3) is 1.00. The summed E-state index contributed by atoms with van der Waals surface area (Å²) in [5.74, 6) is 2.07. The molecule has 4 heteroatoms. The lowest BCUT2D eigenvalue weighted by Crippen LogP contribution is -2.38. The lowest BCUT2D eigenvalue weighted by atomic mass is 9.80.